The minimum Gasteiger partial charge on any atom is -0.377 e. The predicted octanol–water partition coefficient (Wildman–Crippen LogP) is 1.10. The fourth-order valence-corrected chi connectivity index (χ4v) is 2.95. The highest BCUT2D eigenvalue weighted by atomic mass is 15.7. The van der Waals surface area contributed by atoms with Gasteiger partial charge in [0.15, 0.2) is 0 Å². The van der Waals surface area contributed by atoms with Crippen LogP contribution in [-0.4, -0.2) is 86.0 Å². The number of hydrogen-bond donors (Lipinski definition) is 1. The monoisotopic (exact) mass is 364 g/mol. The smallest absolute Gasteiger partial charge is 0.377 e. The van der Waals surface area contributed by atoms with E-state index in [1.165, 1.54) is 0 Å². The van der Waals surface area contributed by atoms with Crippen LogP contribution in [0.4, 0.5) is 0 Å². The third-order valence-electron chi connectivity index (χ3n) is 3.95. The van der Waals surface area contributed by atoms with Gasteiger partial charge in [0.25, 0.3) is 0 Å². The van der Waals surface area contributed by atoms with Gasteiger partial charge in [0.1, 0.15) is 0 Å². The molecule has 0 bridgehead atoms. The van der Waals surface area contributed by atoms with Crippen LogP contribution in [0.15, 0.2) is 75.9 Å². The Morgan fingerprint density at radius 1 is 0.630 bits per heavy atom. The molecule has 0 aromatic rings. The first-order valence-electron chi connectivity index (χ1n) is 9.06. The van der Waals surface area contributed by atoms with Gasteiger partial charge >= 0.3 is 22.2 Å². The van der Waals surface area contributed by atoms with Gasteiger partial charge < -0.3 is 9.95 Å². The molecule has 1 rings (SSSR count). The van der Waals surface area contributed by atoms with Crippen LogP contribution in [0.25, 0.3) is 0 Å². The van der Waals surface area contributed by atoms with Crippen LogP contribution in [0.3, 0.4) is 0 Å². The maximum atomic E-state index is 3.92. The maximum Gasteiger partial charge on any atom is 0.411 e. The normalized spacial score (nSPS) is 15.3. The van der Waals surface area contributed by atoms with Crippen LogP contribution in [0, 0.1) is 0 Å². The average Bonchev–Trinajstić information content (AvgIpc) is 2.67. The molecule has 0 saturated carbocycles. The Bertz CT molecular complexity index is 453. The van der Waals surface area contributed by atoms with Crippen molar-refractivity contribution in [3.8, 4) is 0 Å². The first kappa shape index (κ1) is 23.4. The van der Waals surface area contributed by atoms with Gasteiger partial charge in [-0.15, -0.1) is 39.5 Å². The zero-order valence-electron chi connectivity index (χ0n) is 16.4. The van der Waals surface area contributed by atoms with Crippen molar-refractivity contribution in [2.45, 2.75) is 0 Å². The lowest BCUT2D eigenvalue weighted by molar-refractivity contribution is 0.0869. The number of nitrogens with zero attached hydrogens (tertiary/aromatic N) is 5. The molecule has 0 aliphatic carbocycles. The van der Waals surface area contributed by atoms with Crippen molar-refractivity contribution >= 4 is 22.2 Å². The molecule has 2 radical (unpaired) electrons. The zero-order valence-corrected chi connectivity index (χ0v) is 16.4. The minimum absolute atomic E-state index is 0.123. The Morgan fingerprint density at radius 3 is 1.26 bits per heavy atom. The largest absolute Gasteiger partial charge is 0.411 e. The molecule has 27 heavy (non-hydrogen) atoms. The summed E-state index contributed by atoms with van der Waals surface area (Å²) in [6, 6.07) is 0. The van der Waals surface area contributed by atoms with E-state index >= 15 is 0 Å². The molecule has 0 spiro atoms. The molecule has 1 aliphatic heterocycles. The Morgan fingerprint density at radius 2 is 0.963 bits per heavy atom. The molecular formula is C18H31B3N6. The molecule has 1 fully saturated rings. The van der Waals surface area contributed by atoms with Crippen molar-refractivity contribution in [3.05, 3.63) is 75.9 Å². The van der Waals surface area contributed by atoms with Crippen LogP contribution in [0.2, 0.25) is 0 Å². The SMILES string of the molecule is C=CCN(CC=C)B1N(N(CC=C)CC=C)[B]N[B]N1N(CC=C)CC=C. The van der Waals surface area contributed by atoms with Gasteiger partial charge in [0.05, 0.1) is 0 Å². The van der Waals surface area contributed by atoms with Gasteiger partial charge in [-0.2, -0.15) is 0 Å². The molecule has 0 amide bonds. The predicted molar refractivity (Wildman–Crippen MR) is 120 cm³/mol. The van der Waals surface area contributed by atoms with Crippen LogP contribution in [0.5, 0.6) is 0 Å². The first-order chi connectivity index (χ1) is 13.2. The highest BCUT2D eigenvalue weighted by Crippen LogP contribution is 2.15. The molecule has 1 aliphatic rings. The van der Waals surface area contributed by atoms with Gasteiger partial charge in [-0.05, 0) is 0 Å². The summed E-state index contributed by atoms with van der Waals surface area (Å²) in [7, 11) is 3.78. The van der Waals surface area contributed by atoms with E-state index < -0.39 is 0 Å². The Labute approximate surface area is 167 Å². The lowest BCUT2D eigenvalue weighted by Crippen LogP contribution is -2.78. The van der Waals surface area contributed by atoms with Gasteiger partial charge in [0, 0.05) is 39.3 Å². The summed E-state index contributed by atoms with van der Waals surface area (Å²) < 4.78 is 0. The second kappa shape index (κ2) is 13.5. The first-order valence-corrected chi connectivity index (χ1v) is 9.06. The van der Waals surface area contributed by atoms with E-state index in [4.69, 9.17) is 0 Å². The molecule has 0 aromatic heterocycles. The second-order valence-electron chi connectivity index (χ2n) is 5.96. The van der Waals surface area contributed by atoms with Gasteiger partial charge in [-0.3, -0.25) is 19.7 Å². The third kappa shape index (κ3) is 6.81. The van der Waals surface area contributed by atoms with Crippen LogP contribution >= 0.6 is 0 Å². The Hall–Kier alpha value is -1.61. The van der Waals surface area contributed by atoms with E-state index in [-0.39, 0.29) is 7.12 Å². The Kier molecular flexibility index (Phi) is 11.8. The quantitative estimate of drug-likeness (QED) is 0.346. The highest BCUT2D eigenvalue weighted by Gasteiger charge is 2.44. The van der Waals surface area contributed by atoms with Crippen molar-refractivity contribution in [1.29, 1.82) is 0 Å². The minimum atomic E-state index is -0.123. The van der Waals surface area contributed by atoms with E-state index in [9.17, 15) is 0 Å². The lowest BCUT2D eigenvalue weighted by atomic mass is 9.70. The molecule has 1 heterocycles. The number of nitrogens with one attached hydrogen (secondary N) is 1. The molecule has 6 nitrogen and oxygen atoms in total. The van der Waals surface area contributed by atoms with E-state index in [0.29, 0.717) is 39.3 Å². The number of rotatable bonds is 15. The molecule has 0 aromatic carbocycles. The summed E-state index contributed by atoms with van der Waals surface area (Å²) in [6.45, 7) is 27.6. The molecule has 0 unspecified atom stereocenters. The molecule has 1 saturated heterocycles. The van der Waals surface area contributed by atoms with Crippen molar-refractivity contribution in [3.63, 3.8) is 0 Å². The standard InChI is InChI=1S/C18H31B3N6/c1-7-13-23(14-8-2)21-26(24(15-9-3)16-10-4)19-22-20-27(21)25(17-11-5)18-12-6/h7-12,22H,1-6,13-18H2. The van der Waals surface area contributed by atoms with E-state index in [1.54, 1.807) is 0 Å². The third-order valence-corrected chi connectivity index (χ3v) is 3.95. The molecule has 9 heteroatoms. The van der Waals surface area contributed by atoms with E-state index in [0.717, 1.165) is 0 Å². The van der Waals surface area contributed by atoms with Gasteiger partial charge in [0.2, 0.25) is 0 Å². The van der Waals surface area contributed by atoms with Crippen LogP contribution in [0.1, 0.15) is 0 Å². The van der Waals surface area contributed by atoms with Crippen molar-refractivity contribution in [2.75, 3.05) is 39.3 Å². The van der Waals surface area contributed by atoms with E-state index in [2.05, 4.69) is 69.1 Å². The number of hydrazine groups is 2. The molecule has 142 valence electrons. The molecule has 0 atom stereocenters. The van der Waals surface area contributed by atoms with Crippen LogP contribution in [-0.2, 0) is 0 Å². The van der Waals surface area contributed by atoms with Crippen molar-refractivity contribution in [1.82, 2.24) is 29.6 Å². The van der Waals surface area contributed by atoms with Gasteiger partial charge in [-0.25, -0.2) is 0 Å². The van der Waals surface area contributed by atoms with Crippen molar-refractivity contribution in [2.24, 2.45) is 0 Å². The zero-order chi connectivity index (χ0) is 20.1. The summed E-state index contributed by atoms with van der Waals surface area (Å²) in [6.07, 6.45) is 11.3. The molecule has 1 N–H and O–H groups in total. The maximum absolute atomic E-state index is 3.92. The fourth-order valence-electron chi connectivity index (χ4n) is 2.95. The van der Waals surface area contributed by atoms with Crippen LogP contribution < -0.4 is 5.14 Å². The average molecular weight is 364 g/mol. The summed E-state index contributed by atoms with van der Waals surface area (Å²) in [5.41, 5.74) is 0. The second-order valence-corrected chi connectivity index (χ2v) is 5.96. The summed E-state index contributed by atoms with van der Waals surface area (Å²) in [5.74, 6) is 0. The highest BCUT2D eigenvalue weighted by molar-refractivity contribution is 6.72. The summed E-state index contributed by atoms with van der Waals surface area (Å²) in [5, 5.41) is 7.58. The Balaban J connectivity index is 3.31. The number of hydrogen-bond acceptors (Lipinski definition) is 6. The fraction of sp³-hybridized carbons (Fsp3) is 0.333. The summed E-state index contributed by atoms with van der Waals surface area (Å²) in [4.78, 5) is 6.57. The lowest BCUT2D eigenvalue weighted by Gasteiger charge is -2.51. The topological polar surface area (TPSA) is 28.2 Å². The van der Waals surface area contributed by atoms with Gasteiger partial charge in [-0.1, -0.05) is 36.5 Å². The van der Waals surface area contributed by atoms with Crippen molar-refractivity contribution < 1.29 is 0 Å². The molecular weight excluding hydrogens is 333 g/mol. The summed E-state index contributed by atoms with van der Waals surface area (Å²) >= 11 is 0. The van der Waals surface area contributed by atoms with E-state index in [1.807, 2.05) is 51.6 Å².